The number of anilines is 1. The van der Waals surface area contributed by atoms with E-state index in [4.69, 9.17) is 0 Å². The average Bonchev–Trinajstić information content (AvgIpc) is 2.97. The molecule has 0 bridgehead atoms. The molecule has 5 heteroatoms. The lowest BCUT2D eigenvalue weighted by Gasteiger charge is -2.04. The molecule has 3 aromatic rings. The van der Waals surface area contributed by atoms with Gasteiger partial charge in [0.05, 0.1) is 17.1 Å². The molecule has 23 heavy (non-hydrogen) atoms. The molecule has 0 saturated heterocycles. The van der Waals surface area contributed by atoms with Crippen LogP contribution in [0.4, 0.5) is 5.69 Å². The Kier molecular flexibility index (Phi) is 4.78. The van der Waals surface area contributed by atoms with E-state index in [9.17, 15) is 4.79 Å². The number of aromatic nitrogens is 2. The molecule has 0 aliphatic heterocycles. The number of carbonyl (C=O) groups excluding carboxylic acids is 1. The fourth-order valence-electron chi connectivity index (χ4n) is 2.18. The summed E-state index contributed by atoms with van der Waals surface area (Å²) in [5.74, 6) is -0.0523. The minimum Gasteiger partial charge on any atom is -0.326 e. The monoisotopic (exact) mass is 323 g/mol. The van der Waals surface area contributed by atoms with Crippen LogP contribution in [0.15, 0.2) is 54.0 Å². The van der Waals surface area contributed by atoms with Gasteiger partial charge >= 0.3 is 0 Å². The van der Waals surface area contributed by atoms with E-state index < -0.39 is 0 Å². The first-order valence-corrected chi connectivity index (χ1v) is 8.27. The van der Waals surface area contributed by atoms with E-state index in [-0.39, 0.29) is 12.3 Å². The highest BCUT2D eigenvalue weighted by atomic mass is 32.1. The second-order valence-corrected chi connectivity index (χ2v) is 6.26. The van der Waals surface area contributed by atoms with Gasteiger partial charge in [0.2, 0.25) is 5.91 Å². The van der Waals surface area contributed by atoms with Gasteiger partial charge in [-0.3, -0.25) is 9.78 Å². The number of thiazole rings is 1. The van der Waals surface area contributed by atoms with Gasteiger partial charge in [0.25, 0.3) is 0 Å². The minimum atomic E-state index is -0.0523. The van der Waals surface area contributed by atoms with E-state index >= 15 is 0 Å². The van der Waals surface area contributed by atoms with E-state index in [1.54, 1.807) is 17.5 Å². The second kappa shape index (κ2) is 7.15. The standard InChI is InChI=1S/C18H17N3OS/c1-13-5-7-14(8-6-13)20-17(22)10-16-12-23-18(21-16)11-15-4-2-3-9-19-15/h2-9,12H,10-11H2,1H3,(H,20,22). The number of pyridine rings is 1. The number of hydrogen-bond donors (Lipinski definition) is 1. The zero-order chi connectivity index (χ0) is 16.1. The molecule has 3 rings (SSSR count). The molecule has 0 saturated carbocycles. The molecule has 1 aromatic carbocycles. The Morgan fingerprint density at radius 1 is 1.13 bits per heavy atom. The number of amides is 1. The van der Waals surface area contributed by atoms with Crippen molar-refractivity contribution in [1.29, 1.82) is 0 Å². The van der Waals surface area contributed by atoms with Crippen LogP contribution in [0.25, 0.3) is 0 Å². The van der Waals surface area contributed by atoms with Crippen LogP contribution in [0.2, 0.25) is 0 Å². The first-order valence-electron chi connectivity index (χ1n) is 7.39. The zero-order valence-corrected chi connectivity index (χ0v) is 13.6. The minimum absolute atomic E-state index is 0.0523. The molecule has 1 amide bonds. The lowest BCUT2D eigenvalue weighted by atomic mass is 10.2. The third kappa shape index (κ3) is 4.47. The summed E-state index contributed by atoms with van der Waals surface area (Å²) in [5, 5.41) is 5.80. The molecule has 1 N–H and O–H groups in total. The maximum absolute atomic E-state index is 12.1. The molecule has 0 spiro atoms. The lowest BCUT2D eigenvalue weighted by Crippen LogP contribution is -2.14. The first kappa shape index (κ1) is 15.4. The van der Waals surface area contributed by atoms with Crippen molar-refractivity contribution < 1.29 is 4.79 Å². The van der Waals surface area contributed by atoms with Gasteiger partial charge in [-0.2, -0.15) is 0 Å². The topological polar surface area (TPSA) is 54.9 Å². The van der Waals surface area contributed by atoms with Gasteiger partial charge in [0.15, 0.2) is 0 Å². The Morgan fingerprint density at radius 3 is 2.70 bits per heavy atom. The van der Waals surface area contributed by atoms with E-state index in [0.717, 1.165) is 22.1 Å². The number of nitrogens with one attached hydrogen (secondary N) is 1. The Bertz CT molecular complexity index is 782. The van der Waals surface area contributed by atoms with Crippen molar-refractivity contribution in [2.24, 2.45) is 0 Å². The largest absolute Gasteiger partial charge is 0.326 e. The van der Waals surface area contributed by atoms with Gasteiger partial charge in [0, 0.05) is 29.4 Å². The van der Waals surface area contributed by atoms with Gasteiger partial charge in [-0.25, -0.2) is 4.98 Å². The molecule has 0 unspecified atom stereocenters. The summed E-state index contributed by atoms with van der Waals surface area (Å²) in [6.45, 7) is 2.02. The van der Waals surface area contributed by atoms with Gasteiger partial charge in [-0.1, -0.05) is 23.8 Å². The molecule has 4 nitrogen and oxygen atoms in total. The maximum Gasteiger partial charge on any atom is 0.230 e. The molecule has 0 aliphatic carbocycles. The van der Waals surface area contributed by atoms with Crippen molar-refractivity contribution >= 4 is 22.9 Å². The van der Waals surface area contributed by atoms with Crippen LogP contribution in [0, 0.1) is 6.92 Å². The first-order chi connectivity index (χ1) is 11.2. The van der Waals surface area contributed by atoms with E-state index in [2.05, 4.69) is 15.3 Å². The van der Waals surface area contributed by atoms with Gasteiger partial charge in [0.1, 0.15) is 0 Å². The predicted octanol–water partition coefficient (Wildman–Crippen LogP) is 3.62. The Labute approximate surface area is 139 Å². The summed E-state index contributed by atoms with van der Waals surface area (Å²) < 4.78 is 0. The Balaban J connectivity index is 1.58. The summed E-state index contributed by atoms with van der Waals surface area (Å²) >= 11 is 1.56. The van der Waals surface area contributed by atoms with Crippen LogP contribution >= 0.6 is 11.3 Å². The molecule has 0 fully saturated rings. The van der Waals surface area contributed by atoms with Gasteiger partial charge < -0.3 is 5.32 Å². The zero-order valence-electron chi connectivity index (χ0n) is 12.8. The van der Waals surface area contributed by atoms with Crippen LogP contribution in [-0.4, -0.2) is 15.9 Å². The van der Waals surface area contributed by atoms with Crippen LogP contribution in [0.1, 0.15) is 22.0 Å². The number of aryl methyl sites for hydroxylation is 1. The number of rotatable bonds is 5. The molecule has 2 aromatic heterocycles. The fourth-order valence-corrected chi connectivity index (χ4v) is 2.98. The number of benzene rings is 1. The van der Waals surface area contributed by atoms with Crippen molar-refractivity contribution in [3.05, 3.63) is 76.0 Å². The smallest absolute Gasteiger partial charge is 0.230 e. The van der Waals surface area contributed by atoms with Crippen molar-refractivity contribution in [3.63, 3.8) is 0 Å². The number of carbonyl (C=O) groups is 1. The summed E-state index contributed by atoms with van der Waals surface area (Å²) in [6, 6.07) is 13.6. The highest BCUT2D eigenvalue weighted by Gasteiger charge is 2.09. The quantitative estimate of drug-likeness (QED) is 0.780. The Hall–Kier alpha value is -2.53. The van der Waals surface area contributed by atoms with Gasteiger partial charge in [-0.15, -0.1) is 11.3 Å². The normalized spacial score (nSPS) is 10.5. The second-order valence-electron chi connectivity index (χ2n) is 5.32. The van der Waals surface area contributed by atoms with Crippen molar-refractivity contribution in [2.45, 2.75) is 19.8 Å². The number of nitrogens with zero attached hydrogens (tertiary/aromatic N) is 2. The van der Waals surface area contributed by atoms with Crippen molar-refractivity contribution in [1.82, 2.24) is 9.97 Å². The van der Waals surface area contributed by atoms with Crippen molar-refractivity contribution in [3.8, 4) is 0 Å². The fraction of sp³-hybridized carbons (Fsp3) is 0.167. The van der Waals surface area contributed by atoms with Gasteiger partial charge in [-0.05, 0) is 31.2 Å². The molecule has 116 valence electrons. The molecular weight excluding hydrogens is 306 g/mol. The maximum atomic E-state index is 12.1. The van der Waals surface area contributed by atoms with Crippen LogP contribution < -0.4 is 5.32 Å². The molecule has 0 atom stereocenters. The summed E-state index contributed by atoms with van der Waals surface area (Å²) in [4.78, 5) is 20.9. The number of hydrogen-bond acceptors (Lipinski definition) is 4. The predicted molar refractivity (Wildman–Crippen MR) is 92.7 cm³/mol. The van der Waals surface area contributed by atoms with Crippen LogP contribution in [0.5, 0.6) is 0 Å². The summed E-state index contributed by atoms with van der Waals surface area (Å²) in [5.41, 5.74) is 3.76. The average molecular weight is 323 g/mol. The highest BCUT2D eigenvalue weighted by Crippen LogP contribution is 2.15. The van der Waals surface area contributed by atoms with E-state index in [0.29, 0.717) is 6.42 Å². The SMILES string of the molecule is Cc1ccc(NC(=O)Cc2csc(Cc3ccccn3)n2)cc1. The van der Waals surface area contributed by atoms with E-state index in [1.165, 1.54) is 5.56 Å². The molecule has 0 aliphatic rings. The highest BCUT2D eigenvalue weighted by molar-refractivity contribution is 7.09. The molecular formula is C18H17N3OS. The summed E-state index contributed by atoms with van der Waals surface area (Å²) in [6.07, 6.45) is 2.76. The molecule has 0 radical (unpaired) electrons. The summed E-state index contributed by atoms with van der Waals surface area (Å²) in [7, 11) is 0. The van der Waals surface area contributed by atoms with Crippen LogP contribution in [0.3, 0.4) is 0 Å². The lowest BCUT2D eigenvalue weighted by molar-refractivity contribution is -0.115. The van der Waals surface area contributed by atoms with E-state index in [1.807, 2.05) is 54.8 Å². The third-order valence-electron chi connectivity index (χ3n) is 3.33. The molecule has 2 heterocycles. The third-order valence-corrected chi connectivity index (χ3v) is 4.23. The van der Waals surface area contributed by atoms with Crippen molar-refractivity contribution in [2.75, 3.05) is 5.32 Å². The van der Waals surface area contributed by atoms with Crippen LogP contribution in [-0.2, 0) is 17.6 Å². The Morgan fingerprint density at radius 2 is 1.96 bits per heavy atom.